The van der Waals surface area contributed by atoms with Gasteiger partial charge in [0.15, 0.2) is 5.75 Å². The molecular weight excluding hydrogens is 323 g/mol. The lowest BCUT2D eigenvalue weighted by Gasteiger charge is -2.11. The fourth-order valence-corrected chi connectivity index (χ4v) is 2.53. The molecule has 0 saturated heterocycles. The number of rotatable bonds is 8. The summed E-state index contributed by atoms with van der Waals surface area (Å²) in [6, 6.07) is 9.27. The first-order valence-electron chi connectivity index (χ1n) is 7.06. The van der Waals surface area contributed by atoms with E-state index >= 15 is 0 Å². The highest BCUT2D eigenvalue weighted by Gasteiger charge is 2.09. The van der Waals surface area contributed by atoms with E-state index in [0.717, 1.165) is 5.56 Å². The van der Waals surface area contributed by atoms with Crippen molar-refractivity contribution in [1.82, 2.24) is 10.3 Å². The third-order valence-electron chi connectivity index (χ3n) is 2.84. The Balaban J connectivity index is 1.77. The maximum atomic E-state index is 6.16. The van der Waals surface area contributed by atoms with Crippen LogP contribution in [0.2, 0.25) is 10.0 Å². The topological polar surface area (TPSA) is 43.4 Å². The van der Waals surface area contributed by atoms with Gasteiger partial charge in [0.05, 0.1) is 16.7 Å². The van der Waals surface area contributed by atoms with Crippen LogP contribution in [0.3, 0.4) is 0 Å². The molecule has 0 radical (unpaired) electrons. The summed E-state index contributed by atoms with van der Waals surface area (Å²) in [5, 5.41) is 4.31. The molecule has 0 spiro atoms. The normalized spacial score (nSPS) is 10.5. The second-order valence-corrected chi connectivity index (χ2v) is 5.33. The Morgan fingerprint density at radius 2 is 1.91 bits per heavy atom. The van der Waals surface area contributed by atoms with Gasteiger partial charge in [0.2, 0.25) is 5.88 Å². The van der Waals surface area contributed by atoms with Crippen LogP contribution in [-0.2, 0) is 6.54 Å². The summed E-state index contributed by atoms with van der Waals surface area (Å²) >= 11 is 12.3. The van der Waals surface area contributed by atoms with Crippen LogP contribution < -0.4 is 14.8 Å². The van der Waals surface area contributed by atoms with E-state index in [1.54, 1.807) is 6.20 Å². The fraction of sp³-hybridized carbons (Fsp3) is 0.312. The molecule has 0 fully saturated rings. The molecule has 4 nitrogen and oxygen atoms in total. The summed E-state index contributed by atoms with van der Waals surface area (Å²) in [6.07, 6.45) is 1.70. The Morgan fingerprint density at radius 3 is 2.55 bits per heavy atom. The average Bonchev–Trinajstić information content (AvgIpc) is 2.52. The first-order chi connectivity index (χ1) is 10.7. The van der Waals surface area contributed by atoms with Gasteiger partial charge in [-0.15, -0.1) is 0 Å². The molecule has 1 heterocycles. The van der Waals surface area contributed by atoms with E-state index < -0.39 is 0 Å². The Bertz CT molecular complexity index is 571. The SMILES string of the molecule is CCOc1c(Cl)cc(CNCCOc2ccccn2)cc1Cl. The summed E-state index contributed by atoms with van der Waals surface area (Å²) in [5.74, 6) is 1.16. The standard InChI is InChI=1S/C16H18Cl2N2O2/c1-2-21-16-13(17)9-12(10-14(16)18)11-19-7-8-22-15-5-3-4-6-20-15/h3-6,9-10,19H,2,7-8,11H2,1H3. The fourth-order valence-electron chi connectivity index (χ4n) is 1.89. The number of halogens is 2. The van der Waals surface area contributed by atoms with Gasteiger partial charge in [-0.25, -0.2) is 4.98 Å². The Hall–Kier alpha value is -1.49. The molecule has 0 bridgehead atoms. The molecule has 1 N–H and O–H groups in total. The second-order valence-electron chi connectivity index (χ2n) is 4.51. The minimum Gasteiger partial charge on any atom is -0.491 e. The molecule has 0 aliphatic heterocycles. The zero-order valence-electron chi connectivity index (χ0n) is 12.3. The summed E-state index contributed by atoms with van der Waals surface area (Å²) < 4.78 is 10.9. The lowest BCUT2D eigenvalue weighted by atomic mass is 10.2. The predicted molar refractivity (Wildman–Crippen MR) is 89.1 cm³/mol. The molecule has 1 aromatic carbocycles. The zero-order valence-corrected chi connectivity index (χ0v) is 13.8. The van der Waals surface area contributed by atoms with Crippen molar-refractivity contribution in [3.05, 3.63) is 52.1 Å². The molecule has 0 saturated carbocycles. The van der Waals surface area contributed by atoms with Gasteiger partial charge >= 0.3 is 0 Å². The monoisotopic (exact) mass is 340 g/mol. The number of hydrogen-bond donors (Lipinski definition) is 1. The van der Waals surface area contributed by atoms with Gasteiger partial charge in [0.1, 0.15) is 6.61 Å². The number of nitrogens with one attached hydrogen (secondary N) is 1. The van der Waals surface area contributed by atoms with E-state index in [4.69, 9.17) is 32.7 Å². The van der Waals surface area contributed by atoms with Gasteiger partial charge in [-0.05, 0) is 30.7 Å². The van der Waals surface area contributed by atoms with Crippen molar-refractivity contribution in [1.29, 1.82) is 0 Å². The Morgan fingerprint density at radius 1 is 1.14 bits per heavy atom. The van der Waals surface area contributed by atoms with E-state index in [1.165, 1.54) is 0 Å². The number of hydrogen-bond acceptors (Lipinski definition) is 4. The highest BCUT2D eigenvalue weighted by Crippen LogP contribution is 2.34. The van der Waals surface area contributed by atoms with Crippen LogP contribution in [0.15, 0.2) is 36.5 Å². The van der Waals surface area contributed by atoms with Crippen molar-refractivity contribution >= 4 is 23.2 Å². The van der Waals surface area contributed by atoms with Crippen LogP contribution in [0.25, 0.3) is 0 Å². The van der Waals surface area contributed by atoms with Crippen LogP contribution >= 0.6 is 23.2 Å². The predicted octanol–water partition coefficient (Wildman–Crippen LogP) is 3.96. The minimum absolute atomic E-state index is 0.524. The van der Waals surface area contributed by atoms with Gasteiger partial charge in [-0.1, -0.05) is 29.3 Å². The van der Waals surface area contributed by atoms with E-state index in [2.05, 4.69) is 10.3 Å². The van der Waals surface area contributed by atoms with Crippen LogP contribution in [0.4, 0.5) is 0 Å². The Labute approximate surface area is 140 Å². The highest BCUT2D eigenvalue weighted by atomic mass is 35.5. The van der Waals surface area contributed by atoms with E-state index in [9.17, 15) is 0 Å². The van der Waals surface area contributed by atoms with Crippen molar-refractivity contribution in [3.8, 4) is 11.6 Å². The van der Waals surface area contributed by atoms with Crippen molar-refractivity contribution in [2.75, 3.05) is 19.8 Å². The zero-order chi connectivity index (χ0) is 15.8. The third kappa shape index (κ3) is 5.05. The number of nitrogens with zero attached hydrogens (tertiary/aromatic N) is 1. The molecule has 6 heteroatoms. The van der Waals surface area contributed by atoms with Crippen molar-refractivity contribution in [2.24, 2.45) is 0 Å². The number of ether oxygens (including phenoxy) is 2. The summed E-state index contributed by atoms with van der Waals surface area (Å²) in [6.45, 7) is 4.30. The first-order valence-corrected chi connectivity index (χ1v) is 7.81. The van der Waals surface area contributed by atoms with E-state index in [-0.39, 0.29) is 0 Å². The molecule has 0 unspecified atom stereocenters. The van der Waals surface area contributed by atoms with Crippen molar-refractivity contribution < 1.29 is 9.47 Å². The van der Waals surface area contributed by atoms with Crippen LogP contribution in [0, 0.1) is 0 Å². The van der Waals surface area contributed by atoms with Gasteiger partial charge in [0, 0.05) is 25.4 Å². The third-order valence-corrected chi connectivity index (χ3v) is 3.40. The maximum Gasteiger partial charge on any atom is 0.213 e. The molecule has 2 aromatic rings. The lowest BCUT2D eigenvalue weighted by molar-refractivity contribution is 0.302. The van der Waals surface area contributed by atoms with Crippen LogP contribution in [-0.4, -0.2) is 24.7 Å². The molecule has 2 rings (SSSR count). The molecule has 118 valence electrons. The quantitative estimate of drug-likeness (QED) is 0.738. The molecule has 1 aromatic heterocycles. The van der Waals surface area contributed by atoms with Crippen molar-refractivity contribution in [2.45, 2.75) is 13.5 Å². The van der Waals surface area contributed by atoms with Gasteiger partial charge in [-0.3, -0.25) is 0 Å². The molecule has 0 aliphatic carbocycles. The van der Waals surface area contributed by atoms with Crippen LogP contribution in [0.5, 0.6) is 11.6 Å². The largest absolute Gasteiger partial charge is 0.491 e. The molecule has 0 atom stereocenters. The van der Waals surface area contributed by atoms with Crippen LogP contribution in [0.1, 0.15) is 12.5 Å². The van der Waals surface area contributed by atoms with Gasteiger partial charge < -0.3 is 14.8 Å². The first kappa shape index (κ1) is 16.9. The molecule has 0 amide bonds. The summed E-state index contributed by atoms with van der Waals surface area (Å²) in [5.41, 5.74) is 0.997. The summed E-state index contributed by atoms with van der Waals surface area (Å²) in [4.78, 5) is 4.09. The molecular formula is C16H18Cl2N2O2. The smallest absolute Gasteiger partial charge is 0.213 e. The second kappa shape index (κ2) is 8.83. The van der Waals surface area contributed by atoms with E-state index in [0.29, 0.717) is 48.0 Å². The molecule has 0 aliphatic rings. The maximum absolute atomic E-state index is 6.16. The number of aromatic nitrogens is 1. The van der Waals surface area contributed by atoms with Gasteiger partial charge in [-0.2, -0.15) is 0 Å². The van der Waals surface area contributed by atoms with E-state index in [1.807, 2.05) is 37.3 Å². The molecule has 22 heavy (non-hydrogen) atoms. The highest BCUT2D eigenvalue weighted by molar-refractivity contribution is 6.37. The summed E-state index contributed by atoms with van der Waals surface area (Å²) in [7, 11) is 0. The average molecular weight is 341 g/mol. The number of benzene rings is 1. The van der Waals surface area contributed by atoms with Gasteiger partial charge in [0.25, 0.3) is 0 Å². The minimum atomic E-state index is 0.524. The Kier molecular flexibility index (Phi) is 6.77. The lowest BCUT2D eigenvalue weighted by Crippen LogP contribution is -2.20. The van der Waals surface area contributed by atoms with Crippen molar-refractivity contribution in [3.63, 3.8) is 0 Å². The number of pyridine rings is 1.